The van der Waals surface area contributed by atoms with Crippen molar-refractivity contribution in [3.8, 4) is 0 Å². The molecule has 1 aliphatic rings. The second kappa shape index (κ2) is 8.47. The zero-order valence-corrected chi connectivity index (χ0v) is 15.5. The van der Waals surface area contributed by atoms with Gasteiger partial charge in [-0.1, -0.05) is 12.1 Å². The topological polar surface area (TPSA) is 74.2 Å². The van der Waals surface area contributed by atoms with Crippen molar-refractivity contribution in [2.75, 3.05) is 36.0 Å². The molecule has 0 aliphatic carbocycles. The number of nitrogens with one attached hydrogen (secondary N) is 1. The van der Waals surface area contributed by atoms with Gasteiger partial charge in [-0.15, -0.1) is 0 Å². The molecule has 1 amide bonds. The summed E-state index contributed by atoms with van der Waals surface area (Å²) in [6.45, 7) is 3.88. The maximum absolute atomic E-state index is 12.5. The van der Waals surface area contributed by atoms with Crippen LogP contribution in [-0.4, -0.2) is 47.0 Å². The maximum atomic E-state index is 12.5. The molecule has 0 radical (unpaired) electrons. The average Bonchev–Trinajstić information content (AvgIpc) is 2.79. The maximum Gasteiger partial charge on any atom is 0.253 e. The Morgan fingerprint density at radius 1 is 0.929 bits per heavy atom. The fourth-order valence-corrected chi connectivity index (χ4v) is 3.24. The highest BCUT2D eigenvalue weighted by molar-refractivity contribution is 5.94. The Kier molecular flexibility index (Phi) is 5.42. The first kappa shape index (κ1) is 17.9. The van der Waals surface area contributed by atoms with E-state index in [0.29, 0.717) is 12.1 Å². The molecule has 0 atom stereocenters. The number of piperazine rings is 1. The minimum atomic E-state index is -0.146. The molecule has 7 heteroatoms. The van der Waals surface area contributed by atoms with Gasteiger partial charge in [0.15, 0.2) is 0 Å². The average molecular weight is 374 g/mol. The highest BCUT2D eigenvalue weighted by Gasteiger charge is 2.19. The van der Waals surface area contributed by atoms with Crippen molar-refractivity contribution in [2.24, 2.45) is 0 Å². The molecule has 0 bridgehead atoms. The Bertz CT molecular complexity index is 910. The summed E-state index contributed by atoms with van der Waals surface area (Å²) in [6.07, 6.45) is 6.94. The third-order valence-corrected chi connectivity index (χ3v) is 4.76. The predicted octanol–water partition coefficient (Wildman–Crippen LogP) is 2.13. The number of hydrogen-bond donors (Lipinski definition) is 1. The van der Waals surface area contributed by atoms with Gasteiger partial charge in [-0.25, -0.2) is 4.98 Å². The van der Waals surface area contributed by atoms with E-state index < -0.39 is 0 Å². The summed E-state index contributed by atoms with van der Waals surface area (Å²) in [7, 11) is 0. The molecule has 142 valence electrons. The number of nitrogens with zero attached hydrogens (tertiary/aromatic N) is 5. The quantitative estimate of drug-likeness (QED) is 0.737. The standard InChI is InChI=1S/C21H22N6O/c28-21(25-15-18-5-1-3-7-23-18)17-13-19(16-22-14-17)26-9-11-27(12-10-26)20-6-2-4-8-24-20/h1-8,13-14,16H,9-12,15H2,(H,25,28). The normalized spacial score (nSPS) is 14.0. The van der Waals surface area contributed by atoms with E-state index in [1.807, 2.05) is 54.9 Å². The number of amides is 1. The lowest BCUT2D eigenvalue weighted by atomic mass is 10.2. The first-order valence-corrected chi connectivity index (χ1v) is 9.34. The van der Waals surface area contributed by atoms with Crippen molar-refractivity contribution in [2.45, 2.75) is 6.54 Å². The van der Waals surface area contributed by atoms with Crippen LogP contribution in [0.2, 0.25) is 0 Å². The van der Waals surface area contributed by atoms with Gasteiger partial charge in [-0.2, -0.15) is 0 Å². The van der Waals surface area contributed by atoms with Crippen LogP contribution in [0.25, 0.3) is 0 Å². The van der Waals surface area contributed by atoms with Gasteiger partial charge in [-0.3, -0.25) is 14.8 Å². The van der Waals surface area contributed by atoms with Crippen LogP contribution in [0.3, 0.4) is 0 Å². The smallest absolute Gasteiger partial charge is 0.253 e. The number of anilines is 2. The molecule has 0 saturated carbocycles. The van der Waals surface area contributed by atoms with Crippen LogP contribution >= 0.6 is 0 Å². The fraction of sp³-hybridized carbons (Fsp3) is 0.238. The Balaban J connectivity index is 1.37. The summed E-state index contributed by atoms with van der Waals surface area (Å²) in [6, 6.07) is 13.5. The van der Waals surface area contributed by atoms with Gasteiger partial charge in [0.25, 0.3) is 5.91 Å². The van der Waals surface area contributed by atoms with Gasteiger partial charge in [0, 0.05) is 44.8 Å². The van der Waals surface area contributed by atoms with E-state index >= 15 is 0 Å². The number of rotatable bonds is 5. The molecule has 1 aliphatic heterocycles. The minimum Gasteiger partial charge on any atom is -0.367 e. The number of carbonyl (C=O) groups is 1. The van der Waals surface area contributed by atoms with Gasteiger partial charge in [0.1, 0.15) is 5.82 Å². The molecule has 3 aromatic heterocycles. The van der Waals surface area contributed by atoms with Gasteiger partial charge >= 0.3 is 0 Å². The Morgan fingerprint density at radius 2 is 1.68 bits per heavy atom. The lowest BCUT2D eigenvalue weighted by molar-refractivity contribution is 0.0950. The summed E-state index contributed by atoms with van der Waals surface area (Å²) < 4.78 is 0. The van der Waals surface area contributed by atoms with Crippen molar-refractivity contribution < 1.29 is 4.79 Å². The Labute approximate surface area is 164 Å². The molecule has 1 fully saturated rings. The van der Waals surface area contributed by atoms with E-state index in [4.69, 9.17) is 0 Å². The molecule has 0 spiro atoms. The highest BCUT2D eigenvalue weighted by Crippen LogP contribution is 2.19. The Morgan fingerprint density at radius 3 is 2.39 bits per heavy atom. The first-order chi connectivity index (χ1) is 13.8. The van der Waals surface area contributed by atoms with E-state index in [-0.39, 0.29) is 5.91 Å². The summed E-state index contributed by atoms with van der Waals surface area (Å²) >= 11 is 0. The van der Waals surface area contributed by atoms with E-state index in [0.717, 1.165) is 43.4 Å². The van der Waals surface area contributed by atoms with Crippen LogP contribution in [0.1, 0.15) is 16.1 Å². The molecule has 4 heterocycles. The number of pyridine rings is 3. The van der Waals surface area contributed by atoms with Crippen molar-refractivity contribution in [1.29, 1.82) is 0 Å². The molecule has 1 saturated heterocycles. The minimum absolute atomic E-state index is 0.146. The van der Waals surface area contributed by atoms with Crippen molar-refractivity contribution >= 4 is 17.4 Å². The molecule has 3 aromatic rings. The second-order valence-corrected chi connectivity index (χ2v) is 6.60. The van der Waals surface area contributed by atoms with Crippen molar-refractivity contribution in [1.82, 2.24) is 20.3 Å². The molecule has 7 nitrogen and oxygen atoms in total. The summed E-state index contributed by atoms with van der Waals surface area (Å²) in [5, 5.41) is 2.90. The van der Waals surface area contributed by atoms with Crippen LogP contribution in [0.15, 0.2) is 67.3 Å². The zero-order valence-electron chi connectivity index (χ0n) is 15.5. The summed E-state index contributed by atoms with van der Waals surface area (Å²) in [5.74, 6) is 0.857. The summed E-state index contributed by atoms with van der Waals surface area (Å²) in [4.78, 5) is 29.9. The highest BCUT2D eigenvalue weighted by atomic mass is 16.1. The van der Waals surface area contributed by atoms with Gasteiger partial charge < -0.3 is 15.1 Å². The molecule has 1 N–H and O–H groups in total. The molecular formula is C21H22N6O. The second-order valence-electron chi connectivity index (χ2n) is 6.60. The van der Waals surface area contributed by atoms with Crippen molar-refractivity contribution in [3.05, 3.63) is 78.5 Å². The van der Waals surface area contributed by atoms with Crippen molar-refractivity contribution in [3.63, 3.8) is 0 Å². The largest absolute Gasteiger partial charge is 0.367 e. The fourth-order valence-electron chi connectivity index (χ4n) is 3.24. The number of hydrogen-bond acceptors (Lipinski definition) is 6. The van der Waals surface area contributed by atoms with E-state index in [2.05, 4.69) is 30.1 Å². The molecule has 0 aromatic carbocycles. The third kappa shape index (κ3) is 4.25. The monoisotopic (exact) mass is 374 g/mol. The lowest BCUT2D eigenvalue weighted by Crippen LogP contribution is -2.46. The number of carbonyl (C=O) groups excluding carboxylic acids is 1. The third-order valence-electron chi connectivity index (χ3n) is 4.76. The van der Waals surface area contributed by atoms with E-state index in [1.165, 1.54) is 0 Å². The van der Waals surface area contributed by atoms with Crippen LogP contribution in [0.5, 0.6) is 0 Å². The van der Waals surface area contributed by atoms with Crippen LogP contribution in [-0.2, 0) is 6.54 Å². The van der Waals surface area contributed by atoms with Crippen LogP contribution in [0, 0.1) is 0 Å². The number of aromatic nitrogens is 3. The van der Waals surface area contributed by atoms with E-state index in [1.54, 1.807) is 12.4 Å². The molecular weight excluding hydrogens is 352 g/mol. The zero-order chi connectivity index (χ0) is 19.2. The molecule has 28 heavy (non-hydrogen) atoms. The van der Waals surface area contributed by atoms with Crippen LogP contribution < -0.4 is 15.1 Å². The predicted molar refractivity (Wildman–Crippen MR) is 108 cm³/mol. The van der Waals surface area contributed by atoms with Crippen LogP contribution in [0.4, 0.5) is 11.5 Å². The van der Waals surface area contributed by atoms with Gasteiger partial charge in [0.05, 0.1) is 29.7 Å². The Hall–Kier alpha value is -3.48. The van der Waals surface area contributed by atoms with E-state index in [9.17, 15) is 4.79 Å². The first-order valence-electron chi connectivity index (χ1n) is 9.34. The molecule has 0 unspecified atom stereocenters. The SMILES string of the molecule is O=C(NCc1ccccn1)c1cncc(N2CCN(c3ccccn3)CC2)c1. The van der Waals surface area contributed by atoms with Gasteiger partial charge in [-0.05, 0) is 30.3 Å². The van der Waals surface area contributed by atoms with Gasteiger partial charge in [0.2, 0.25) is 0 Å². The lowest BCUT2D eigenvalue weighted by Gasteiger charge is -2.36. The molecule has 4 rings (SSSR count). The summed E-state index contributed by atoms with van der Waals surface area (Å²) in [5.41, 5.74) is 2.34.